The third-order valence-corrected chi connectivity index (χ3v) is 2.92. The molecule has 1 heterocycles. The quantitative estimate of drug-likeness (QED) is 0.591. The maximum atomic E-state index is 8.91. The maximum Gasteiger partial charge on any atom is 0.191 e. The summed E-state index contributed by atoms with van der Waals surface area (Å²) in [6, 6.07) is 2.09. The molecule has 0 saturated carbocycles. The van der Waals surface area contributed by atoms with Gasteiger partial charge in [-0.1, -0.05) is 11.8 Å². The molecule has 0 radical (unpaired) electrons. The van der Waals surface area contributed by atoms with Crippen LogP contribution in [0.25, 0.3) is 0 Å². The summed E-state index contributed by atoms with van der Waals surface area (Å²) in [7, 11) is 0. The second kappa shape index (κ2) is 6.66. The summed E-state index contributed by atoms with van der Waals surface area (Å²) < 4.78 is 0. The Hall–Kier alpha value is -1.01. The van der Waals surface area contributed by atoms with Crippen molar-refractivity contribution in [2.24, 2.45) is 0 Å². The zero-order chi connectivity index (χ0) is 12.8. The van der Waals surface area contributed by atoms with Crippen molar-refractivity contribution in [3.05, 3.63) is 6.07 Å². The van der Waals surface area contributed by atoms with Crippen molar-refractivity contribution >= 4 is 23.4 Å². The van der Waals surface area contributed by atoms with Gasteiger partial charge in [-0.2, -0.15) is 0 Å². The lowest BCUT2D eigenvalue weighted by Gasteiger charge is -2.27. The van der Waals surface area contributed by atoms with Crippen LogP contribution >= 0.6 is 11.8 Å². The van der Waals surface area contributed by atoms with E-state index in [9.17, 15) is 0 Å². The zero-order valence-corrected chi connectivity index (χ0v) is 11.4. The second-order valence-electron chi connectivity index (χ2n) is 4.00. The molecule has 1 aromatic heterocycles. The van der Waals surface area contributed by atoms with E-state index in [2.05, 4.69) is 28.7 Å². The minimum atomic E-state index is 0.180. The zero-order valence-electron chi connectivity index (χ0n) is 10.6. The van der Waals surface area contributed by atoms with E-state index in [0.717, 1.165) is 18.8 Å². The summed E-state index contributed by atoms with van der Waals surface area (Å²) in [5.41, 5.74) is 5.76. The van der Waals surface area contributed by atoms with E-state index >= 15 is 0 Å². The number of nitrogens with zero attached hydrogens (tertiary/aromatic N) is 3. The topological polar surface area (TPSA) is 75.3 Å². The van der Waals surface area contributed by atoms with Crippen LogP contribution in [0.4, 0.5) is 11.6 Å². The SMILES string of the molecule is CSc1nc(N)cc(N(CCCO)C(C)C)n1. The molecule has 0 saturated heterocycles. The summed E-state index contributed by atoms with van der Waals surface area (Å²) in [4.78, 5) is 10.7. The van der Waals surface area contributed by atoms with Crippen LogP contribution in [0.15, 0.2) is 11.2 Å². The molecule has 6 heteroatoms. The Morgan fingerprint density at radius 3 is 2.71 bits per heavy atom. The largest absolute Gasteiger partial charge is 0.396 e. The number of rotatable bonds is 6. The first-order valence-corrected chi connectivity index (χ1v) is 6.87. The third-order valence-electron chi connectivity index (χ3n) is 2.37. The summed E-state index contributed by atoms with van der Waals surface area (Å²) in [6.45, 7) is 5.13. The van der Waals surface area contributed by atoms with Gasteiger partial charge in [-0.15, -0.1) is 0 Å². The van der Waals surface area contributed by atoms with Crippen LogP contribution in [0.3, 0.4) is 0 Å². The summed E-state index contributed by atoms with van der Waals surface area (Å²) in [5.74, 6) is 1.30. The minimum absolute atomic E-state index is 0.180. The molecule has 17 heavy (non-hydrogen) atoms. The molecular formula is C11H20N4OS. The summed E-state index contributed by atoms with van der Waals surface area (Å²) >= 11 is 1.47. The Bertz CT molecular complexity index is 359. The lowest BCUT2D eigenvalue weighted by Crippen LogP contribution is -2.33. The summed E-state index contributed by atoms with van der Waals surface area (Å²) in [6.07, 6.45) is 2.64. The number of anilines is 2. The van der Waals surface area contributed by atoms with Crippen molar-refractivity contribution in [2.75, 3.05) is 30.0 Å². The third kappa shape index (κ3) is 4.05. The highest BCUT2D eigenvalue weighted by Gasteiger charge is 2.13. The fourth-order valence-electron chi connectivity index (χ4n) is 1.55. The molecule has 0 atom stereocenters. The van der Waals surface area contributed by atoms with E-state index in [0.29, 0.717) is 17.0 Å². The van der Waals surface area contributed by atoms with Gasteiger partial charge in [0.25, 0.3) is 0 Å². The Morgan fingerprint density at radius 2 is 2.18 bits per heavy atom. The van der Waals surface area contributed by atoms with Gasteiger partial charge >= 0.3 is 0 Å². The average molecular weight is 256 g/mol. The standard InChI is InChI=1S/C11H20N4OS/c1-8(2)15(5-4-6-16)10-7-9(12)13-11(14-10)17-3/h7-8,16H,4-6H2,1-3H3,(H2,12,13,14). The number of hydrogen-bond acceptors (Lipinski definition) is 6. The molecule has 0 unspecified atom stereocenters. The summed E-state index contributed by atoms with van der Waals surface area (Å²) in [5, 5.41) is 9.59. The number of aliphatic hydroxyl groups excluding tert-OH is 1. The van der Waals surface area contributed by atoms with E-state index in [1.165, 1.54) is 11.8 Å². The molecule has 1 rings (SSSR count). The normalized spacial score (nSPS) is 10.9. The molecule has 96 valence electrons. The van der Waals surface area contributed by atoms with E-state index < -0.39 is 0 Å². The van der Waals surface area contributed by atoms with Crippen LogP contribution in [0.5, 0.6) is 0 Å². The van der Waals surface area contributed by atoms with Gasteiger partial charge in [0.15, 0.2) is 5.16 Å². The van der Waals surface area contributed by atoms with Crippen LogP contribution in [0, 0.1) is 0 Å². The molecule has 3 N–H and O–H groups in total. The van der Waals surface area contributed by atoms with Gasteiger partial charge in [-0.05, 0) is 26.5 Å². The van der Waals surface area contributed by atoms with Crippen molar-refractivity contribution in [3.8, 4) is 0 Å². The van der Waals surface area contributed by atoms with Crippen LogP contribution in [0.2, 0.25) is 0 Å². The monoisotopic (exact) mass is 256 g/mol. The van der Waals surface area contributed by atoms with E-state index in [1.54, 1.807) is 6.07 Å². The molecule has 0 spiro atoms. The highest BCUT2D eigenvalue weighted by molar-refractivity contribution is 7.98. The number of aromatic nitrogens is 2. The molecule has 1 aromatic rings. The van der Waals surface area contributed by atoms with E-state index in [-0.39, 0.29) is 6.61 Å². The first-order valence-electron chi connectivity index (χ1n) is 5.64. The minimum Gasteiger partial charge on any atom is -0.396 e. The fraction of sp³-hybridized carbons (Fsp3) is 0.636. The predicted octanol–water partition coefficient (Wildman–Crippen LogP) is 1.38. The van der Waals surface area contributed by atoms with Crippen molar-refractivity contribution < 1.29 is 5.11 Å². The molecule has 0 aliphatic carbocycles. The average Bonchev–Trinajstić information content (AvgIpc) is 2.28. The predicted molar refractivity (Wildman–Crippen MR) is 72.4 cm³/mol. The number of thioether (sulfide) groups is 1. The molecular weight excluding hydrogens is 236 g/mol. The van der Waals surface area contributed by atoms with Gasteiger partial charge < -0.3 is 15.7 Å². The first kappa shape index (κ1) is 14.1. The van der Waals surface area contributed by atoms with Gasteiger partial charge in [-0.3, -0.25) is 0 Å². The number of hydrogen-bond donors (Lipinski definition) is 2. The van der Waals surface area contributed by atoms with Gasteiger partial charge in [0.05, 0.1) is 0 Å². The molecule has 0 fully saturated rings. The smallest absolute Gasteiger partial charge is 0.191 e. The highest BCUT2D eigenvalue weighted by Crippen LogP contribution is 2.20. The number of nitrogens with two attached hydrogens (primary N) is 1. The molecule has 5 nitrogen and oxygen atoms in total. The Morgan fingerprint density at radius 1 is 1.47 bits per heavy atom. The van der Waals surface area contributed by atoms with Crippen molar-refractivity contribution in [1.82, 2.24) is 9.97 Å². The number of aliphatic hydroxyl groups is 1. The molecule has 0 aromatic carbocycles. The van der Waals surface area contributed by atoms with Crippen LogP contribution < -0.4 is 10.6 Å². The second-order valence-corrected chi connectivity index (χ2v) is 4.78. The molecule has 0 amide bonds. The van der Waals surface area contributed by atoms with Gasteiger partial charge in [0.2, 0.25) is 0 Å². The lowest BCUT2D eigenvalue weighted by atomic mass is 10.3. The fourth-order valence-corrected chi connectivity index (χ4v) is 1.93. The number of nitrogen functional groups attached to an aromatic ring is 1. The highest BCUT2D eigenvalue weighted by atomic mass is 32.2. The Labute approximate surface area is 106 Å². The van der Waals surface area contributed by atoms with Crippen molar-refractivity contribution in [3.63, 3.8) is 0 Å². The van der Waals surface area contributed by atoms with Gasteiger partial charge in [0.1, 0.15) is 11.6 Å². The van der Waals surface area contributed by atoms with E-state index in [4.69, 9.17) is 10.8 Å². The maximum absolute atomic E-state index is 8.91. The van der Waals surface area contributed by atoms with Crippen LogP contribution in [-0.4, -0.2) is 40.5 Å². The van der Waals surface area contributed by atoms with Gasteiger partial charge in [-0.25, -0.2) is 9.97 Å². The van der Waals surface area contributed by atoms with Crippen molar-refractivity contribution in [2.45, 2.75) is 31.5 Å². The Balaban J connectivity index is 2.96. The molecule has 0 aliphatic rings. The van der Waals surface area contributed by atoms with Crippen LogP contribution in [-0.2, 0) is 0 Å². The Kier molecular flexibility index (Phi) is 5.50. The lowest BCUT2D eigenvalue weighted by molar-refractivity contribution is 0.288. The van der Waals surface area contributed by atoms with Gasteiger partial charge in [0, 0.05) is 25.3 Å². The molecule has 0 aliphatic heterocycles. The molecule has 0 bridgehead atoms. The van der Waals surface area contributed by atoms with Crippen LogP contribution in [0.1, 0.15) is 20.3 Å². The van der Waals surface area contributed by atoms with E-state index in [1.807, 2.05) is 6.26 Å². The van der Waals surface area contributed by atoms with Crippen molar-refractivity contribution in [1.29, 1.82) is 0 Å². The first-order chi connectivity index (χ1) is 8.08.